The molecule has 162 valence electrons. The van der Waals surface area contributed by atoms with E-state index in [4.69, 9.17) is 4.99 Å². The van der Waals surface area contributed by atoms with Gasteiger partial charge in [0, 0.05) is 44.5 Å². The predicted octanol–water partition coefficient (Wildman–Crippen LogP) is 1.80. The maximum absolute atomic E-state index is 10.9. The molecular weight excluding hydrogens is 376 g/mol. The van der Waals surface area contributed by atoms with Crippen molar-refractivity contribution in [2.24, 2.45) is 4.99 Å². The Bertz CT molecular complexity index is 815. The van der Waals surface area contributed by atoms with E-state index in [1.54, 1.807) is 0 Å². The Morgan fingerprint density at radius 2 is 1.83 bits per heavy atom. The van der Waals surface area contributed by atoms with Crippen LogP contribution in [-0.4, -0.2) is 67.3 Å². The molecule has 7 nitrogen and oxygen atoms in total. The second kappa shape index (κ2) is 10.4. The number of piperazine rings is 1. The van der Waals surface area contributed by atoms with Crippen molar-refractivity contribution in [1.29, 1.82) is 0 Å². The molecule has 1 saturated heterocycles. The number of aliphatic imine (C=N–C) groups is 1. The molecule has 1 fully saturated rings. The van der Waals surface area contributed by atoms with E-state index in [0.717, 1.165) is 49.7 Å². The number of rotatable bonds is 7. The number of hydrogen-bond donors (Lipinski definition) is 3. The molecule has 0 bridgehead atoms. The lowest BCUT2D eigenvalue weighted by Gasteiger charge is -2.34. The summed E-state index contributed by atoms with van der Waals surface area (Å²) in [6.45, 7) is 9.51. The van der Waals surface area contributed by atoms with Gasteiger partial charge in [0.05, 0.1) is 13.1 Å². The van der Waals surface area contributed by atoms with Crippen LogP contribution in [0.25, 0.3) is 0 Å². The van der Waals surface area contributed by atoms with Gasteiger partial charge in [0.15, 0.2) is 5.96 Å². The molecule has 1 aliphatic heterocycles. The third-order valence-corrected chi connectivity index (χ3v) is 5.42. The molecule has 7 heteroatoms. The van der Waals surface area contributed by atoms with E-state index < -0.39 is 5.60 Å². The van der Waals surface area contributed by atoms with Crippen LogP contribution in [0.15, 0.2) is 53.7 Å². The van der Waals surface area contributed by atoms with Gasteiger partial charge in [0.2, 0.25) is 0 Å². The van der Waals surface area contributed by atoms with Crippen LogP contribution in [-0.2, 0) is 12.1 Å². The molecular formula is C23H34N6O. The van der Waals surface area contributed by atoms with E-state index in [2.05, 4.69) is 38.5 Å². The third-order valence-electron chi connectivity index (χ3n) is 5.42. The van der Waals surface area contributed by atoms with Crippen LogP contribution in [0, 0.1) is 0 Å². The second-order valence-corrected chi connectivity index (χ2v) is 7.97. The van der Waals surface area contributed by atoms with Crippen LogP contribution in [0.1, 0.15) is 25.0 Å². The van der Waals surface area contributed by atoms with E-state index >= 15 is 0 Å². The first kappa shape index (κ1) is 22.1. The summed E-state index contributed by atoms with van der Waals surface area (Å²) in [5, 5.41) is 17.4. The van der Waals surface area contributed by atoms with Crippen molar-refractivity contribution in [3.8, 4) is 0 Å². The average Bonchev–Trinajstić information content (AvgIpc) is 2.77. The van der Waals surface area contributed by atoms with Gasteiger partial charge in [-0.1, -0.05) is 36.4 Å². The maximum atomic E-state index is 10.9. The summed E-state index contributed by atoms with van der Waals surface area (Å²) < 4.78 is 0. The summed E-state index contributed by atoms with van der Waals surface area (Å²) in [4.78, 5) is 14.1. The summed E-state index contributed by atoms with van der Waals surface area (Å²) in [6, 6.07) is 13.7. The molecule has 0 amide bonds. The topological polar surface area (TPSA) is 76.0 Å². The Balaban J connectivity index is 1.68. The fourth-order valence-electron chi connectivity index (χ4n) is 3.52. The first-order valence-corrected chi connectivity index (χ1v) is 10.7. The van der Waals surface area contributed by atoms with Gasteiger partial charge in [-0.2, -0.15) is 0 Å². The van der Waals surface area contributed by atoms with Gasteiger partial charge in [0.25, 0.3) is 0 Å². The van der Waals surface area contributed by atoms with Crippen LogP contribution < -0.4 is 15.5 Å². The van der Waals surface area contributed by atoms with Crippen molar-refractivity contribution < 1.29 is 5.11 Å². The minimum absolute atomic E-state index is 0.362. The molecule has 1 aromatic heterocycles. The highest BCUT2D eigenvalue weighted by molar-refractivity contribution is 5.80. The number of pyridine rings is 1. The number of guanidine groups is 1. The van der Waals surface area contributed by atoms with Gasteiger partial charge in [-0.25, -0.2) is 9.98 Å². The number of aliphatic hydroxyl groups is 1. The van der Waals surface area contributed by atoms with E-state index in [1.807, 2.05) is 56.4 Å². The van der Waals surface area contributed by atoms with Crippen LogP contribution in [0.5, 0.6) is 0 Å². The van der Waals surface area contributed by atoms with Crippen molar-refractivity contribution >= 4 is 11.8 Å². The molecule has 0 spiro atoms. The third kappa shape index (κ3) is 5.93. The second-order valence-electron chi connectivity index (χ2n) is 7.97. The van der Waals surface area contributed by atoms with Gasteiger partial charge in [-0.15, -0.1) is 0 Å². The SMILES string of the molecule is CCNC(=NCc1cccnc1N1CCN(C)CC1)NCC(C)(O)c1ccccc1. The van der Waals surface area contributed by atoms with E-state index in [0.29, 0.717) is 19.0 Å². The monoisotopic (exact) mass is 410 g/mol. The number of hydrogen-bond acceptors (Lipinski definition) is 5. The zero-order valence-electron chi connectivity index (χ0n) is 18.3. The summed E-state index contributed by atoms with van der Waals surface area (Å²) in [5.74, 6) is 1.70. The highest BCUT2D eigenvalue weighted by Crippen LogP contribution is 2.20. The summed E-state index contributed by atoms with van der Waals surface area (Å²) in [5.41, 5.74) is 0.989. The Kier molecular flexibility index (Phi) is 7.65. The minimum Gasteiger partial charge on any atom is -0.384 e. The number of anilines is 1. The van der Waals surface area contributed by atoms with Gasteiger partial charge in [-0.3, -0.25) is 0 Å². The van der Waals surface area contributed by atoms with Crippen molar-refractivity contribution in [3.63, 3.8) is 0 Å². The fraction of sp³-hybridized carbons (Fsp3) is 0.478. The van der Waals surface area contributed by atoms with Crippen LogP contribution in [0.4, 0.5) is 5.82 Å². The first-order chi connectivity index (χ1) is 14.5. The molecule has 0 radical (unpaired) electrons. The lowest BCUT2D eigenvalue weighted by molar-refractivity contribution is 0.0617. The zero-order valence-corrected chi connectivity index (χ0v) is 18.3. The van der Waals surface area contributed by atoms with Crippen LogP contribution in [0.3, 0.4) is 0 Å². The molecule has 1 unspecified atom stereocenters. The number of nitrogens with one attached hydrogen (secondary N) is 2. The van der Waals surface area contributed by atoms with Gasteiger partial charge >= 0.3 is 0 Å². The first-order valence-electron chi connectivity index (χ1n) is 10.7. The van der Waals surface area contributed by atoms with E-state index in [1.165, 1.54) is 0 Å². The summed E-state index contributed by atoms with van der Waals surface area (Å²) >= 11 is 0. The number of benzene rings is 1. The molecule has 3 N–H and O–H groups in total. The average molecular weight is 411 g/mol. The van der Waals surface area contributed by atoms with Crippen molar-refractivity contribution in [2.75, 3.05) is 51.2 Å². The largest absolute Gasteiger partial charge is 0.384 e. The quantitative estimate of drug-likeness (QED) is 0.477. The van der Waals surface area contributed by atoms with E-state index in [9.17, 15) is 5.11 Å². The summed E-state index contributed by atoms with van der Waals surface area (Å²) in [7, 11) is 2.15. The lowest BCUT2D eigenvalue weighted by atomic mass is 9.96. The van der Waals surface area contributed by atoms with Gasteiger partial charge in [0.1, 0.15) is 11.4 Å². The smallest absolute Gasteiger partial charge is 0.191 e. The van der Waals surface area contributed by atoms with Crippen LogP contribution in [0.2, 0.25) is 0 Å². The standard InChI is InChI=1S/C23H34N6O/c1-4-24-22(27-18-23(2,30)20-10-6-5-7-11-20)26-17-19-9-8-12-25-21(19)29-15-13-28(3)14-16-29/h5-12,30H,4,13-18H2,1-3H3,(H2,24,26,27). The Hall–Kier alpha value is -2.64. The predicted molar refractivity (Wildman–Crippen MR) is 123 cm³/mol. The molecule has 1 aliphatic rings. The molecule has 1 aromatic carbocycles. The highest BCUT2D eigenvalue weighted by atomic mass is 16.3. The van der Waals surface area contributed by atoms with Crippen LogP contribution >= 0.6 is 0 Å². The molecule has 2 aromatic rings. The van der Waals surface area contributed by atoms with Gasteiger partial charge in [-0.05, 0) is 32.5 Å². The van der Waals surface area contributed by atoms with Crippen molar-refractivity contribution in [2.45, 2.75) is 26.0 Å². The Labute approximate surface area is 179 Å². The maximum Gasteiger partial charge on any atom is 0.191 e. The Morgan fingerprint density at radius 1 is 1.10 bits per heavy atom. The number of nitrogens with zero attached hydrogens (tertiary/aromatic N) is 4. The zero-order chi connectivity index (χ0) is 21.4. The molecule has 0 aliphatic carbocycles. The number of aromatic nitrogens is 1. The molecule has 1 atom stereocenters. The molecule has 3 rings (SSSR count). The van der Waals surface area contributed by atoms with E-state index in [-0.39, 0.29) is 0 Å². The summed E-state index contributed by atoms with van der Waals surface area (Å²) in [6.07, 6.45) is 1.85. The fourth-order valence-corrected chi connectivity index (χ4v) is 3.52. The number of likely N-dealkylation sites (N-methyl/N-ethyl adjacent to an activating group) is 1. The molecule has 2 heterocycles. The Morgan fingerprint density at radius 3 is 2.53 bits per heavy atom. The highest BCUT2D eigenvalue weighted by Gasteiger charge is 2.23. The minimum atomic E-state index is -0.989. The van der Waals surface area contributed by atoms with Crippen molar-refractivity contribution in [1.82, 2.24) is 20.5 Å². The molecule has 0 saturated carbocycles. The normalized spacial score (nSPS) is 17.5. The van der Waals surface area contributed by atoms with Crippen molar-refractivity contribution in [3.05, 3.63) is 59.8 Å². The lowest BCUT2D eigenvalue weighted by Crippen LogP contribution is -2.45. The van der Waals surface area contributed by atoms with Gasteiger partial charge < -0.3 is 25.5 Å². The molecule has 30 heavy (non-hydrogen) atoms.